The minimum atomic E-state index is -0.985. The summed E-state index contributed by atoms with van der Waals surface area (Å²) in [5, 5.41) is 8.65. The van der Waals surface area contributed by atoms with E-state index in [0.717, 1.165) is 11.6 Å². The number of carboxylic acid groups (broad SMARTS) is 1. The van der Waals surface area contributed by atoms with Crippen molar-refractivity contribution in [3.05, 3.63) is 29.8 Å². The lowest BCUT2D eigenvalue weighted by Crippen LogP contribution is -2.08. The highest BCUT2D eigenvalue weighted by molar-refractivity contribution is 5.85. The van der Waals surface area contributed by atoms with Gasteiger partial charge < -0.3 is 14.6 Å². The maximum absolute atomic E-state index is 10.5. The molecule has 0 aliphatic rings. The van der Waals surface area contributed by atoms with Gasteiger partial charge in [-0.05, 0) is 51.5 Å². The van der Waals surface area contributed by atoms with Crippen LogP contribution in [-0.2, 0) is 4.79 Å². The van der Waals surface area contributed by atoms with Gasteiger partial charge in [-0.3, -0.25) is 0 Å². The average molecular weight is 264 g/mol. The molecule has 1 aromatic rings. The van der Waals surface area contributed by atoms with Crippen LogP contribution in [0.2, 0.25) is 0 Å². The first-order valence-corrected chi connectivity index (χ1v) is 6.26. The van der Waals surface area contributed by atoms with Crippen molar-refractivity contribution in [2.45, 2.75) is 39.9 Å². The Bertz CT molecular complexity index is 433. The first-order chi connectivity index (χ1) is 8.86. The maximum atomic E-state index is 10.5. The Morgan fingerprint density at radius 2 is 1.53 bits per heavy atom. The Kier molecular flexibility index (Phi) is 5.42. The fourth-order valence-corrected chi connectivity index (χ4v) is 1.54. The number of rotatable bonds is 6. The largest absolute Gasteiger partial charge is 0.491 e. The molecular formula is C15H20O4. The van der Waals surface area contributed by atoms with Crippen LogP contribution < -0.4 is 9.47 Å². The second-order valence-electron chi connectivity index (χ2n) is 4.74. The van der Waals surface area contributed by atoms with Crippen LogP contribution in [0.5, 0.6) is 11.5 Å². The molecule has 0 amide bonds. The van der Waals surface area contributed by atoms with Crippen LogP contribution in [0, 0.1) is 0 Å². The van der Waals surface area contributed by atoms with E-state index in [1.54, 1.807) is 18.2 Å². The second-order valence-corrected chi connectivity index (χ2v) is 4.74. The van der Waals surface area contributed by atoms with Gasteiger partial charge in [0.25, 0.3) is 0 Å². The highest BCUT2D eigenvalue weighted by Crippen LogP contribution is 2.25. The fourth-order valence-electron chi connectivity index (χ4n) is 1.54. The number of aliphatic carboxylic acids is 1. The number of carboxylic acids is 1. The molecule has 0 bridgehead atoms. The molecule has 0 radical (unpaired) electrons. The summed E-state index contributed by atoms with van der Waals surface area (Å²) in [6.07, 6.45) is 2.70. The van der Waals surface area contributed by atoms with Crippen LogP contribution in [0.25, 0.3) is 6.08 Å². The zero-order valence-electron chi connectivity index (χ0n) is 11.7. The number of benzene rings is 1. The van der Waals surface area contributed by atoms with Crippen LogP contribution in [-0.4, -0.2) is 23.3 Å². The monoisotopic (exact) mass is 264 g/mol. The van der Waals surface area contributed by atoms with Crippen LogP contribution in [0.3, 0.4) is 0 Å². The Morgan fingerprint density at radius 3 is 1.89 bits per heavy atom. The van der Waals surface area contributed by atoms with Crippen LogP contribution in [0.15, 0.2) is 24.3 Å². The molecular weight excluding hydrogens is 244 g/mol. The summed E-state index contributed by atoms with van der Waals surface area (Å²) in [7, 11) is 0. The predicted octanol–water partition coefficient (Wildman–Crippen LogP) is 3.36. The van der Waals surface area contributed by atoms with Crippen LogP contribution >= 0.6 is 0 Å². The van der Waals surface area contributed by atoms with Gasteiger partial charge in [-0.2, -0.15) is 0 Å². The summed E-state index contributed by atoms with van der Waals surface area (Å²) in [6, 6.07) is 5.37. The number of hydrogen-bond acceptors (Lipinski definition) is 3. The third kappa shape index (κ3) is 5.95. The highest BCUT2D eigenvalue weighted by atomic mass is 16.5. The minimum absolute atomic E-state index is 0.0469. The quantitative estimate of drug-likeness (QED) is 0.800. The Balaban J connectivity index is 3.04. The van der Waals surface area contributed by atoms with Crippen molar-refractivity contribution in [1.82, 2.24) is 0 Å². The van der Waals surface area contributed by atoms with Crippen LogP contribution in [0.1, 0.15) is 33.3 Å². The van der Waals surface area contributed by atoms with Crippen molar-refractivity contribution >= 4 is 12.0 Å². The third-order valence-electron chi connectivity index (χ3n) is 2.06. The summed E-state index contributed by atoms with van der Waals surface area (Å²) >= 11 is 0. The van der Waals surface area contributed by atoms with E-state index in [4.69, 9.17) is 14.6 Å². The van der Waals surface area contributed by atoms with Crippen LogP contribution in [0.4, 0.5) is 0 Å². The van der Waals surface area contributed by atoms with E-state index in [0.29, 0.717) is 11.5 Å². The van der Waals surface area contributed by atoms with Crippen molar-refractivity contribution in [3.63, 3.8) is 0 Å². The predicted molar refractivity (Wildman–Crippen MR) is 74.6 cm³/mol. The highest BCUT2D eigenvalue weighted by Gasteiger charge is 2.05. The first-order valence-electron chi connectivity index (χ1n) is 6.26. The summed E-state index contributed by atoms with van der Waals surface area (Å²) < 4.78 is 11.2. The van der Waals surface area contributed by atoms with E-state index in [9.17, 15) is 4.79 Å². The SMILES string of the molecule is CC(C)Oc1cc(/C=C/C(=O)O)cc(OC(C)C)c1. The molecule has 1 N–H and O–H groups in total. The van der Waals surface area contributed by atoms with Crippen molar-refractivity contribution in [2.24, 2.45) is 0 Å². The first kappa shape index (κ1) is 15.1. The molecule has 0 saturated heterocycles. The lowest BCUT2D eigenvalue weighted by molar-refractivity contribution is -0.131. The average Bonchev–Trinajstić information content (AvgIpc) is 2.24. The van der Waals surface area contributed by atoms with E-state index >= 15 is 0 Å². The lowest BCUT2D eigenvalue weighted by atomic mass is 10.2. The van der Waals surface area contributed by atoms with Gasteiger partial charge in [0.2, 0.25) is 0 Å². The molecule has 0 aliphatic carbocycles. The molecule has 1 rings (SSSR count). The van der Waals surface area contributed by atoms with Gasteiger partial charge in [-0.1, -0.05) is 0 Å². The van der Waals surface area contributed by atoms with E-state index in [2.05, 4.69) is 0 Å². The molecule has 0 aliphatic heterocycles. The van der Waals surface area contributed by atoms with Crippen molar-refractivity contribution in [3.8, 4) is 11.5 Å². The summed E-state index contributed by atoms with van der Waals surface area (Å²) in [4.78, 5) is 10.5. The van der Waals surface area contributed by atoms with E-state index in [-0.39, 0.29) is 12.2 Å². The molecule has 4 nitrogen and oxygen atoms in total. The van der Waals surface area contributed by atoms with Gasteiger partial charge in [0, 0.05) is 12.1 Å². The smallest absolute Gasteiger partial charge is 0.328 e. The molecule has 4 heteroatoms. The van der Waals surface area contributed by atoms with Crippen molar-refractivity contribution in [2.75, 3.05) is 0 Å². The summed E-state index contributed by atoms with van der Waals surface area (Å²) in [6.45, 7) is 7.73. The second kappa shape index (κ2) is 6.83. The molecule has 0 aromatic heterocycles. The maximum Gasteiger partial charge on any atom is 0.328 e. The minimum Gasteiger partial charge on any atom is -0.491 e. The molecule has 1 aromatic carbocycles. The Morgan fingerprint density at radius 1 is 1.05 bits per heavy atom. The topological polar surface area (TPSA) is 55.8 Å². The number of carbonyl (C=O) groups is 1. The van der Waals surface area contributed by atoms with Gasteiger partial charge in [-0.15, -0.1) is 0 Å². The lowest BCUT2D eigenvalue weighted by Gasteiger charge is -2.14. The summed E-state index contributed by atoms with van der Waals surface area (Å²) in [5.74, 6) is 0.345. The molecule has 19 heavy (non-hydrogen) atoms. The van der Waals surface area contributed by atoms with Crippen molar-refractivity contribution < 1.29 is 19.4 Å². The zero-order chi connectivity index (χ0) is 14.4. The molecule has 0 fully saturated rings. The standard InChI is InChI=1S/C15H20O4/c1-10(2)18-13-7-12(5-6-15(16)17)8-14(9-13)19-11(3)4/h5-11H,1-4H3,(H,16,17)/b6-5+. The van der Waals surface area contributed by atoms with E-state index < -0.39 is 5.97 Å². The molecule has 0 unspecified atom stereocenters. The number of ether oxygens (including phenoxy) is 2. The van der Waals surface area contributed by atoms with E-state index in [1.807, 2.05) is 27.7 Å². The Labute approximate surface area is 113 Å². The van der Waals surface area contributed by atoms with Gasteiger partial charge in [0.05, 0.1) is 12.2 Å². The van der Waals surface area contributed by atoms with Gasteiger partial charge >= 0.3 is 5.97 Å². The van der Waals surface area contributed by atoms with E-state index in [1.165, 1.54) is 6.08 Å². The molecule has 0 saturated carbocycles. The molecule has 104 valence electrons. The van der Waals surface area contributed by atoms with Crippen molar-refractivity contribution in [1.29, 1.82) is 0 Å². The zero-order valence-corrected chi connectivity index (χ0v) is 11.7. The molecule has 0 heterocycles. The van der Waals surface area contributed by atoms with Gasteiger partial charge in [-0.25, -0.2) is 4.79 Å². The molecule has 0 spiro atoms. The van der Waals surface area contributed by atoms with Gasteiger partial charge in [0.15, 0.2) is 0 Å². The summed E-state index contributed by atoms with van der Waals surface area (Å²) in [5.41, 5.74) is 0.733. The third-order valence-corrected chi connectivity index (χ3v) is 2.06. The normalized spacial score (nSPS) is 11.3. The number of hydrogen-bond donors (Lipinski definition) is 1. The fraction of sp³-hybridized carbons (Fsp3) is 0.400. The van der Waals surface area contributed by atoms with Gasteiger partial charge in [0.1, 0.15) is 11.5 Å². The Hall–Kier alpha value is -1.97. The molecule has 0 atom stereocenters.